The van der Waals surface area contributed by atoms with Crippen molar-refractivity contribution in [2.75, 3.05) is 5.32 Å². The lowest BCUT2D eigenvalue weighted by Gasteiger charge is -2.23. The Labute approximate surface area is 166 Å². The van der Waals surface area contributed by atoms with Gasteiger partial charge in [-0.15, -0.1) is 0 Å². The van der Waals surface area contributed by atoms with E-state index >= 15 is 0 Å². The van der Waals surface area contributed by atoms with Crippen molar-refractivity contribution < 1.29 is 4.79 Å². The largest absolute Gasteiger partial charge is 0.347 e. The van der Waals surface area contributed by atoms with Crippen molar-refractivity contribution in [1.82, 2.24) is 15.3 Å². The SMILES string of the molecule is Cc1cccc(CNC(=O)c2ccnc(Nc3ccccc3C(C)(C)C)n2)c1. The van der Waals surface area contributed by atoms with Gasteiger partial charge in [-0.3, -0.25) is 4.79 Å². The van der Waals surface area contributed by atoms with E-state index in [-0.39, 0.29) is 11.3 Å². The zero-order chi connectivity index (χ0) is 20.1. The van der Waals surface area contributed by atoms with Gasteiger partial charge in [-0.05, 0) is 35.6 Å². The fourth-order valence-corrected chi connectivity index (χ4v) is 3.01. The van der Waals surface area contributed by atoms with E-state index in [9.17, 15) is 4.79 Å². The quantitative estimate of drug-likeness (QED) is 0.676. The minimum absolute atomic E-state index is 0.0214. The number of anilines is 2. The van der Waals surface area contributed by atoms with Crippen molar-refractivity contribution in [1.29, 1.82) is 0 Å². The summed E-state index contributed by atoms with van der Waals surface area (Å²) in [5, 5.41) is 6.17. The number of carbonyl (C=O) groups excluding carboxylic acids is 1. The van der Waals surface area contributed by atoms with E-state index in [2.05, 4.69) is 53.5 Å². The first-order valence-corrected chi connectivity index (χ1v) is 9.36. The van der Waals surface area contributed by atoms with Crippen LogP contribution in [-0.2, 0) is 12.0 Å². The van der Waals surface area contributed by atoms with Crippen LogP contribution in [0.15, 0.2) is 60.8 Å². The highest BCUT2D eigenvalue weighted by Crippen LogP contribution is 2.30. The maximum absolute atomic E-state index is 12.5. The zero-order valence-electron chi connectivity index (χ0n) is 16.8. The van der Waals surface area contributed by atoms with Gasteiger partial charge >= 0.3 is 0 Å². The predicted molar refractivity (Wildman–Crippen MR) is 113 cm³/mol. The molecule has 0 saturated heterocycles. The van der Waals surface area contributed by atoms with Crippen molar-refractivity contribution in [3.8, 4) is 0 Å². The van der Waals surface area contributed by atoms with Gasteiger partial charge in [0.05, 0.1) is 0 Å². The molecule has 0 aliphatic rings. The maximum atomic E-state index is 12.5. The molecule has 5 heteroatoms. The van der Waals surface area contributed by atoms with Crippen LogP contribution in [0.5, 0.6) is 0 Å². The summed E-state index contributed by atoms with van der Waals surface area (Å²) in [7, 11) is 0. The van der Waals surface area contributed by atoms with E-state index < -0.39 is 0 Å². The number of benzene rings is 2. The number of aromatic nitrogens is 2. The first-order chi connectivity index (χ1) is 13.3. The molecule has 0 radical (unpaired) electrons. The number of hydrogen-bond donors (Lipinski definition) is 2. The molecule has 0 aliphatic heterocycles. The number of nitrogens with one attached hydrogen (secondary N) is 2. The number of rotatable bonds is 5. The molecule has 0 atom stereocenters. The Kier molecular flexibility index (Phi) is 5.73. The van der Waals surface area contributed by atoms with Gasteiger partial charge in [-0.1, -0.05) is 68.8 Å². The third-order valence-corrected chi connectivity index (χ3v) is 4.41. The van der Waals surface area contributed by atoms with E-state index in [4.69, 9.17) is 0 Å². The van der Waals surface area contributed by atoms with Crippen LogP contribution in [0.25, 0.3) is 0 Å². The summed E-state index contributed by atoms with van der Waals surface area (Å²) < 4.78 is 0. The zero-order valence-corrected chi connectivity index (χ0v) is 16.8. The van der Waals surface area contributed by atoms with Crippen LogP contribution >= 0.6 is 0 Å². The van der Waals surface area contributed by atoms with Gasteiger partial charge in [-0.2, -0.15) is 0 Å². The molecule has 144 valence electrons. The molecule has 0 unspecified atom stereocenters. The number of aryl methyl sites for hydroxylation is 1. The molecule has 0 spiro atoms. The fraction of sp³-hybridized carbons (Fsp3) is 0.261. The van der Waals surface area contributed by atoms with Gasteiger partial charge in [0.25, 0.3) is 5.91 Å². The van der Waals surface area contributed by atoms with Crippen LogP contribution in [0.1, 0.15) is 48.0 Å². The Bertz CT molecular complexity index is 976. The molecule has 2 aromatic carbocycles. The highest BCUT2D eigenvalue weighted by molar-refractivity contribution is 5.92. The average Bonchev–Trinajstić information content (AvgIpc) is 2.66. The molecular weight excluding hydrogens is 348 g/mol. The monoisotopic (exact) mass is 374 g/mol. The van der Waals surface area contributed by atoms with Crippen molar-refractivity contribution in [2.24, 2.45) is 0 Å². The third-order valence-electron chi connectivity index (χ3n) is 4.41. The summed E-state index contributed by atoms with van der Waals surface area (Å²) >= 11 is 0. The van der Waals surface area contributed by atoms with Crippen LogP contribution < -0.4 is 10.6 Å². The van der Waals surface area contributed by atoms with Crippen molar-refractivity contribution in [3.63, 3.8) is 0 Å². The minimum atomic E-state index is -0.226. The number of carbonyl (C=O) groups is 1. The molecular formula is C23H26N4O. The highest BCUT2D eigenvalue weighted by Gasteiger charge is 2.18. The van der Waals surface area contributed by atoms with Crippen LogP contribution in [-0.4, -0.2) is 15.9 Å². The van der Waals surface area contributed by atoms with Gasteiger partial charge in [-0.25, -0.2) is 9.97 Å². The second kappa shape index (κ2) is 8.21. The van der Waals surface area contributed by atoms with E-state index in [1.165, 1.54) is 0 Å². The number of amides is 1. The lowest BCUT2D eigenvalue weighted by atomic mass is 9.86. The van der Waals surface area contributed by atoms with Crippen LogP contribution in [0.4, 0.5) is 11.6 Å². The Morgan fingerprint density at radius 1 is 1.04 bits per heavy atom. The lowest BCUT2D eigenvalue weighted by molar-refractivity contribution is 0.0946. The summed E-state index contributed by atoms with van der Waals surface area (Å²) in [5.41, 5.74) is 4.63. The van der Waals surface area contributed by atoms with Gasteiger partial charge in [0, 0.05) is 18.4 Å². The number of nitrogens with zero attached hydrogens (tertiary/aromatic N) is 2. The lowest BCUT2D eigenvalue weighted by Crippen LogP contribution is -2.24. The van der Waals surface area contributed by atoms with E-state index in [0.29, 0.717) is 18.2 Å². The summed E-state index contributed by atoms with van der Waals surface area (Å²) in [6, 6.07) is 17.7. The fourth-order valence-electron chi connectivity index (χ4n) is 3.01. The summed E-state index contributed by atoms with van der Waals surface area (Å²) in [6.45, 7) is 8.96. The highest BCUT2D eigenvalue weighted by atomic mass is 16.1. The van der Waals surface area contributed by atoms with E-state index in [0.717, 1.165) is 22.4 Å². The molecule has 1 heterocycles. The number of hydrogen-bond acceptors (Lipinski definition) is 4. The Hall–Kier alpha value is -3.21. The van der Waals surface area contributed by atoms with Gasteiger partial charge in [0.15, 0.2) is 0 Å². The first-order valence-electron chi connectivity index (χ1n) is 9.36. The molecule has 0 bridgehead atoms. The number of para-hydroxylation sites is 1. The third kappa shape index (κ3) is 4.94. The summed E-state index contributed by atoms with van der Waals surface area (Å²) in [4.78, 5) is 21.2. The predicted octanol–water partition coefficient (Wildman–Crippen LogP) is 4.76. The Morgan fingerprint density at radius 3 is 2.57 bits per heavy atom. The second-order valence-corrected chi connectivity index (χ2v) is 7.86. The average molecular weight is 374 g/mol. The van der Waals surface area contributed by atoms with Gasteiger partial charge < -0.3 is 10.6 Å². The minimum Gasteiger partial charge on any atom is -0.347 e. The van der Waals surface area contributed by atoms with Crippen molar-refractivity contribution >= 4 is 17.5 Å². The van der Waals surface area contributed by atoms with Crippen LogP contribution in [0.3, 0.4) is 0 Å². The molecule has 0 fully saturated rings. The normalized spacial score (nSPS) is 11.1. The molecule has 1 amide bonds. The molecule has 1 aromatic heterocycles. The van der Waals surface area contributed by atoms with Gasteiger partial charge in [0.1, 0.15) is 5.69 Å². The van der Waals surface area contributed by atoms with Crippen molar-refractivity contribution in [3.05, 3.63) is 83.2 Å². The Balaban J connectivity index is 1.73. The maximum Gasteiger partial charge on any atom is 0.270 e. The van der Waals surface area contributed by atoms with Crippen LogP contribution in [0.2, 0.25) is 0 Å². The van der Waals surface area contributed by atoms with Crippen LogP contribution in [0, 0.1) is 6.92 Å². The summed E-state index contributed by atoms with van der Waals surface area (Å²) in [5.74, 6) is 0.177. The topological polar surface area (TPSA) is 66.9 Å². The van der Waals surface area contributed by atoms with E-state index in [1.54, 1.807) is 12.3 Å². The molecule has 5 nitrogen and oxygen atoms in total. The second-order valence-electron chi connectivity index (χ2n) is 7.86. The molecule has 0 aliphatic carbocycles. The molecule has 3 rings (SSSR count). The standard InChI is InChI=1S/C23H26N4O/c1-16-8-7-9-17(14-16)15-25-21(28)20-12-13-24-22(27-20)26-19-11-6-5-10-18(19)23(2,3)4/h5-14H,15H2,1-4H3,(H,25,28)(H,24,26,27). The smallest absolute Gasteiger partial charge is 0.270 e. The molecule has 0 saturated carbocycles. The molecule has 28 heavy (non-hydrogen) atoms. The molecule has 3 aromatic rings. The first kappa shape index (κ1) is 19.5. The van der Waals surface area contributed by atoms with Crippen molar-refractivity contribution in [2.45, 2.75) is 39.7 Å². The Morgan fingerprint density at radius 2 is 1.82 bits per heavy atom. The van der Waals surface area contributed by atoms with Gasteiger partial charge in [0.2, 0.25) is 5.95 Å². The summed E-state index contributed by atoms with van der Waals surface area (Å²) in [6.07, 6.45) is 1.59. The molecule has 2 N–H and O–H groups in total. The van der Waals surface area contributed by atoms with E-state index in [1.807, 2.05) is 43.3 Å².